The Hall–Kier alpha value is -1.69. The lowest BCUT2D eigenvalue weighted by Crippen LogP contribution is -2.61. The number of alkyl halides is 9. The number of carbonyl (C=O) groups excluding carboxylic acids is 2. The fourth-order valence-electron chi connectivity index (χ4n) is 2.57. The van der Waals surface area contributed by atoms with Gasteiger partial charge in [0.05, 0.1) is 18.9 Å². The SMILES string of the molecule is CCC(C)(C)CC(C(=O)OCC(=O)OCCC(F)(F)C(F)(F)C(F)(F)C(F)(F)F)C(C)(C)C. The Kier molecular flexibility index (Phi) is 9.76. The Labute approximate surface area is 186 Å². The minimum absolute atomic E-state index is 0.257. The Morgan fingerprint density at radius 1 is 0.788 bits per heavy atom. The predicted molar refractivity (Wildman–Crippen MR) is 99.1 cm³/mol. The normalized spacial score (nSPS) is 15.2. The number of carbonyl (C=O) groups is 2. The van der Waals surface area contributed by atoms with Gasteiger partial charge in [0.15, 0.2) is 6.61 Å². The summed E-state index contributed by atoms with van der Waals surface area (Å²) in [5.41, 5.74) is -0.836. The van der Waals surface area contributed by atoms with Crippen LogP contribution in [-0.4, -0.2) is 49.1 Å². The van der Waals surface area contributed by atoms with Crippen molar-refractivity contribution in [3.8, 4) is 0 Å². The van der Waals surface area contributed by atoms with E-state index in [-0.39, 0.29) is 5.41 Å². The standard InChI is InChI=1S/C20H29F9O4/c1-7-16(5,6)10-12(15(2,3)4)14(31)33-11-13(30)32-9-8-17(21,22)18(23,24)19(25,26)20(27,28)29/h12H,7-11H2,1-6H3. The van der Waals surface area contributed by atoms with E-state index in [4.69, 9.17) is 4.74 Å². The topological polar surface area (TPSA) is 52.6 Å². The lowest BCUT2D eigenvalue weighted by atomic mass is 9.70. The fourth-order valence-corrected chi connectivity index (χ4v) is 2.57. The summed E-state index contributed by atoms with van der Waals surface area (Å²) in [5, 5.41) is 0. The van der Waals surface area contributed by atoms with Crippen molar-refractivity contribution in [2.45, 2.75) is 84.7 Å². The van der Waals surface area contributed by atoms with Crippen molar-refractivity contribution >= 4 is 11.9 Å². The van der Waals surface area contributed by atoms with E-state index in [2.05, 4.69) is 4.74 Å². The van der Waals surface area contributed by atoms with E-state index in [1.165, 1.54) is 0 Å². The van der Waals surface area contributed by atoms with Gasteiger partial charge in [-0.3, -0.25) is 4.79 Å². The Balaban J connectivity index is 4.98. The molecule has 0 aliphatic carbocycles. The number of ether oxygens (including phenoxy) is 2. The number of rotatable bonds is 11. The third kappa shape index (κ3) is 7.94. The Morgan fingerprint density at radius 2 is 1.27 bits per heavy atom. The highest BCUT2D eigenvalue weighted by Gasteiger charge is 2.81. The van der Waals surface area contributed by atoms with Crippen molar-refractivity contribution in [1.82, 2.24) is 0 Å². The summed E-state index contributed by atoms with van der Waals surface area (Å²) < 4.78 is 124. The molecule has 0 aromatic carbocycles. The summed E-state index contributed by atoms with van der Waals surface area (Å²) in [6.45, 7) is 8.28. The number of hydrogen-bond donors (Lipinski definition) is 0. The lowest BCUT2D eigenvalue weighted by Gasteiger charge is -2.35. The zero-order valence-corrected chi connectivity index (χ0v) is 19.1. The second-order valence-corrected chi connectivity index (χ2v) is 9.57. The van der Waals surface area contributed by atoms with Crippen molar-refractivity contribution in [2.75, 3.05) is 13.2 Å². The molecule has 0 aliphatic heterocycles. The molecule has 1 unspecified atom stereocenters. The maximum absolute atomic E-state index is 13.4. The predicted octanol–water partition coefficient (Wildman–Crippen LogP) is 6.42. The maximum Gasteiger partial charge on any atom is 0.460 e. The maximum atomic E-state index is 13.4. The van der Waals surface area contributed by atoms with E-state index in [0.29, 0.717) is 6.42 Å². The van der Waals surface area contributed by atoms with Gasteiger partial charge in [0.2, 0.25) is 0 Å². The number of esters is 2. The molecule has 13 heteroatoms. The highest BCUT2D eigenvalue weighted by Crippen LogP contribution is 2.54. The first-order valence-electron chi connectivity index (χ1n) is 9.95. The molecule has 0 rings (SSSR count). The highest BCUT2D eigenvalue weighted by molar-refractivity contribution is 5.78. The van der Waals surface area contributed by atoms with Gasteiger partial charge in [0.25, 0.3) is 0 Å². The van der Waals surface area contributed by atoms with Crippen LogP contribution in [0.3, 0.4) is 0 Å². The monoisotopic (exact) mass is 504 g/mol. The molecule has 0 aliphatic rings. The first-order valence-corrected chi connectivity index (χ1v) is 9.95. The lowest BCUT2D eigenvalue weighted by molar-refractivity contribution is -0.397. The van der Waals surface area contributed by atoms with Crippen LogP contribution >= 0.6 is 0 Å². The molecule has 0 bridgehead atoms. The van der Waals surface area contributed by atoms with Crippen LogP contribution in [0.15, 0.2) is 0 Å². The third-order valence-corrected chi connectivity index (χ3v) is 5.26. The summed E-state index contributed by atoms with van der Waals surface area (Å²) in [7, 11) is 0. The number of halogens is 9. The molecule has 0 saturated heterocycles. The first kappa shape index (κ1) is 31.3. The second kappa shape index (κ2) is 10.3. The summed E-state index contributed by atoms with van der Waals surface area (Å²) in [5.74, 6) is -22.6. The molecule has 33 heavy (non-hydrogen) atoms. The molecule has 0 spiro atoms. The molecule has 0 aromatic heterocycles. The van der Waals surface area contributed by atoms with Gasteiger partial charge in [-0.05, 0) is 17.3 Å². The first-order chi connectivity index (χ1) is 14.4. The molecule has 196 valence electrons. The molecule has 0 amide bonds. The van der Waals surface area contributed by atoms with Gasteiger partial charge in [0.1, 0.15) is 0 Å². The van der Waals surface area contributed by atoms with Gasteiger partial charge < -0.3 is 9.47 Å². The van der Waals surface area contributed by atoms with Crippen LogP contribution in [0.2, 0.25) is 0 Å². The molecular formula is C20H29F9O4. The molecule has 0 N–H and O–H groups in total. The molecular weight excluding hydrogens is 475 g/mol. The van der Waals surface area contributed by atoms with E-state index >= 15 is 0 Å². The summed E-state index contributed by atoms with van der Waals surface area (Å²) >= 11 is 0. The number of hydrogen-bond acceptors (Lipinski definition) is 4. The quantitative estimate of drug-likeness (QED) is 0.241. The van der Waals surface area contributed by atoms with Gasteiger partial charge in [-0.2, -0.15) is 39.5 Å². The molecule has 1 atom stereocenters. The Morgan fingerprint density at radius 3 is 1.67 bits per heavy atom. The van der Waals surface area contributed by atoms with Crippen LogP contribution in [0.4, 0.5) is 39.5 Å². The van der Waals surface area contributed by atoms with Gasteiger partial charge in [-0.25, -0.2) is 4.79 Å². The summed E-state index contributed by atoms with van der Waals surface area (Å²) in [4.78, 5) is 24.0. The minimum atomic E-state index is -7.02. The fraction of sp³-hybridized carbons (Fsp3) is 0.900. The minimum Gasteiger partial charge on any atom is -0.463 e. The van der Waals surface area contributed by atoms with Crippen LogP contribution < -0.4 is 0 Å². The van der Waals surface area contributed by atoms with E-state index in [9.17, 15) is 49.1 Å². The zero-order valence-electron chi connectivity index (χ0n) is 19.1. The molecule has 0 radical (unpaired) electrons. The highest BCUT2D eigenvalue weighted by atomic mass is 19.4. The van der Waals surface area contributed by atoms with E-state index in [1.807, 2.05) is 20.8 Å². The van der Waals surface area contributed by atoms with E-state index in [0.717, 1.165) is 6.42 Å². The van der Waals surface area contributed by atoms with Crippen molar-refractivity contribution in [3.05, 3.63) is 0 Å². The summed E-state index contributed by atoms with van der Waals surface area (Å²) in [6, 6.07) is 0. The van der Waals surface area contributed by atoms with Crippen molar-refractivity contribution in [2.24, 2.45) is 16.7 Å². The molecule has 0 aromatic rings. The zero-order chi connectivity index (χ0) is 26.7. The molecule has 0 heterocycles. The molecule has 0 fully saturated rings. The van der Waals surface area contributed by atoms with Crippen LogP contribution in [0.5, 0.6) is 0 Å². The largest absolute Gasteiger partial charge is 0.463 e. The van der Waals surface area contributed by atoms with Crippen LogP contribution in [0.25, 0.3) is 0 Å². The third-order valence-electron chi connectivity index (χ3n) is 5.26. The van der Waals surface area contributed by atoms with Crippen LogP contribution in [0.1, 0.15) is 60.8 Å². The molecule has 4 nitrogen and oxygen atoms in total. The molecule has 0 saturated carbocycles. The van der Waals surface area contributed by atoms with Gasteiger partial charge in [-0.1, -0.05) is 48.0 Å². The van der Waals surface area contributed by atoms with Crippen molar-refractivity contribution in [1.29, 1.82) is 0 Å². The van der Waals surface area contributed by atoms with Crippen molar-refractivity contribution < 1.29 is 58.6 Å². The summed E-state index contributed by atoms with van der Waals surface area (Å²) in [6.07, 6.45) is -8.14. The Bertz CT molecular complexity index is 680. The average Bonchev–Trinajstić information content (AvgIpc) is 2.62. The van der Waals surface area contributed by atoms with Gasteiger partial charge in [-0.15, -0.1) is 0 Å². The second-order valence-electron chi connectivity index (χ2n) is 9.57. The van der Waals surface area contributed by atoms with Crippen molar-refractivity contribution in [3.63, 3.8) is 0 Å². The van der Waals surface area contributed by atoms with E-state index in [1.54, 1.807) is 20.8 Å². The van der Waals surface area contributed by atoms with E-state index < -0.39 is 66.8 Å². The van der Waals surface area contributed by atoms with Gasteiger partial charge >= 0.3 is 35.9 Å². The van der Waals surface area contributed by atoms with Gasteiger partial charge in [0, 0.05) is 0 Å². The van der Waals surface area contributed by atoms with Crippen LogP contribution in [0, 0.1) is 16.7 Å². The smallest absolute Gasteiger partial charge is 0.460 e. The van der Waals surface area contributed by atoms with Crippen LogP contribution in [-0.2, 0) is 19.1 Å². The average molecular weight is 504 g/mol.